The SMILES string of the molecule is COc1ccc([15N+]#N)cc1. The maximum Gasteiger partial charge on any atom is 0.385 e. The van der Waals surface area contributed by atoms with Crippen LogP contribution in [0, 0.1) is 5.39 Å². The second-order valence-electron chi connectivity index (χ2n) is 1.80. The number of methoxy groups -OCH3 is 1. The van der Waals surface area contributed by atoms with Crippen LogP contribution in [0.15, 0.2) is 24.3 Å². The molecular weight excluding hydrogens is 129 g/mol. The van der Waals surface area contributed by atoms with Crippen LogP contribution in [0.3, 0.4) is 0 Å². The smallest absolute Gasteiger partial charge is 0.385 e. The summed E-state index contributed by atoms with van der Waals surface area (Å²) < 4.78 is 4.89. The second kappa shape index (κ2) is 2.83. The minimum Gasteiger partial charge on any atom is -0.497 e. The summed E-state index contributed by atoms with van der Waals surface area (Å²) in [7, 11) is 1.59. The molecule has 0 saturated carbocycles. The van der Waals surface area contributed by atoms with E-state index in [1.165, 1.54) is 0 Å². The lowest BCUT2D eigenvalue weighted by Crippen LogP contribution is -1.79. The van der Waals surface area contributed by atoms with Crippen molar-refractivity contribution in [2.45, 2.75) is 0 Å². The number of ether oxygens (including phenoxy) is 1. The van der Waals surface area contributed by atoms with Crippen LogP contribution in [-0.2, 0) is 0 Å². The molecule has 50 valence electrons. The second-order valence-corrected chi connectivity index (χ2v) is 1.80. The first-order valence-corrected chi connectivity index (χ1v) is 2.86. The van der Waals surface area contributed by atoms with E-state index in [1.54, 1.807) is 31.4 Å². The lowest BCUT2D eigenvalue weighted by Gasteiger charge is -1.93. The summed E-state index contributed by atoms with van der Waals surface area (Å²) in [6.07, 6.45) is 0. The minimum absolute atomic E-state index is 0.529. The molecule has 0 atom stereocenters. The molecule has 0 aliphatic heterocycles. The number of hydrogen-bond acceptors (Lipinski definition) is 2. The van der Waals surface area contributed by atoms with Gasteiger partial charge in [0.2, 0.25) is 5.39 Å². The maximum absolute atomic E-state index is 8.29. The van der Waals surface area contributed by atoms with E-state index in [1.807, 2.05) is 0 Å². The van der Waals surface area contributed by atoms with Gasteiger partial charge in [0.15, 0.2) is 4.98 Å². The van der Waals surface area contributed by atoms with Crippen molar-refractivity contribution < 1.29 is 4.74 Å². The molecule has 0 unspecified atom stereocenters. The molecule has 0 aromatic heterocycles. The Kier molecular flexibility index (Phi) is 1.86. The van der Waals surface area contributed by atoms with E-state index in [-0.39, 0.29) is 0 Å². The van der Waals surface area contributed by atoms with E-state index in [4.69, 9.17) is 10.1 Å². The fourth-order valence-corrected chi connectivity index (χ4v) is 0.649. The maximum atomic E-state index is 8.29. The molecule has 0 bridgehead atoms. The van der Waals surface area contributed by atoms with Crippen LogP contribution >= 0.6 is 0 Å². The minimum atomic E-state index is 0.529. The predicted molar refractivity (Wildman–Crippen MR) is 37.7 cm³/mol. The van der Waals surface area contributed by atoms with Gasteiger partial charge in [0.1, 0.15) is 5.75 Å². The van der Waals surface area contributed by atoms with Crippen molar-refractivity contribution in [3.63, 3.8) is 0 Å². The summed E-state index contributed by atoms with van der Waals surface area (Å²) in [4.78, 5) is 2.99. The Labute approximate surface area is 58.9 Å². The Morgan fingerprint density at radius 1 is 1.30 bits per heavy atom. The zero-order valence-corrected chi connectivity index (χ0v) is 5.61. The third-order valence-electron chi connectivity index (χ3n) is 1.19. The molecule has 1 aromatic carbocycles. The van der Waals surface area contributed by atoms with Crippen LogP contribution < -0.4 is 4.74 Å². The Bertz CT molecular complexity index is 247. The van der Waals surface area contributed by atoms with Gasteiger partial charge in [-0.05, 0) is 12.1 Å². The van der Waals surface area contributed by atoms with Crippen LogP contribution in [-0.4, -0.2) is 7.11 Å². The predicted octanol–water partition coefficient (Wildman–Crippen LogP) is 2.18. The molecule has 0 heterocycles. The Morgan fingerprint density at radius 3 is 2.30 bits per heavy atom. The zero-order chi connectivity index (χ0) is 7.40. The van der Waals surface area contributed by atoms with E-state index >= 15 is 0 Å². The van der Waals surface area contributed by atoms with Gasteiger partial charge in [0, 0.05) is 12.1 Å². The molecule has 0 aliphatic rings. The normalized spacial score (nSPS) is 8.40. The van der Waals surface area contributed by atoms with Gasteiger partial charge in [-0.25, -0.2) is 0 Å². The van der Waals surface area contributed by atoms with Crippen LogP contribution in [0.2, 0.25) is 0 Å². The van der Waals surface area contributed by atoms with Crippen molar-refractivity contribution in [1.29, 1.82) is 5.39 Å². The topological polar surface area (TPSA) is 37.4 Å². The first kappa shape index (κ1) is 6.56. The molecule has 1 rings (SSSR count). The highest BCUT2D eigenvalue weighted by atomic mass is 16.5. The van der Waals surface area contributed by atoms with Crippen molar-refractivity contribution in [2.75, 3.05) is 7.11 Å². The van der Waals surface area contributed by atoms with Gasteiger partial charge in [-0.15, -0.1) is 0 Å². The van der Waals surface area contributed by atoms with Gasteiger partial charge in [-0.2, -0.15) is 0 Å². The largest absolute Gasteiger partial charge is 0.497 e. The third kappa shape index (κ3) is 1.23. The zero-order valence-electron chi connectivity index (χ0n) is 5.61. The molecule has 0 fully saturated rings. The van der Waals surface area contributed by atoms with Gasteiger partial charge in [-0.3, -0.25) is 0 Å². The van der Waals surface area contributed by atoms with Crippen molar-refractivity contribution in [1.82, 2.24) is 0 Å². The molecule has 0 saturated heterocycles. The Balaban J connectivity index is 2.93. The van der Waals surface area contributed by atoms with Crippen LogP contribution in [0.25, 0.3) is 4.98 Å². The average Bonchev–Trinajstić information content (AvgIpc) is 2.05. The fourth-order valence-electron chi connectivity index (χ4n) is 0.649. The van der Waals surface area contributed by atoms with Crippen LogP contribution in [0.1, 0.15) is 0 Å². The summed E-state index contributed by atoms with van der Waals surface area (Å²) in [6, 6.07) is 6.79. The number of benzene rings is 1. The van der Waals surface area contributed by atoms with Gasteiger partial charge in [0.05, 0.1) is 7.11 Å². The van der Waals surface area contributed by atoms with Gasteiger partial charge >= 0.3 is 5.69 Å². The number of nitrogens with zero attached hydrogens (tertiary/aromatic N) is 2. The summed E-state index contributed by atoms with van der Waals surface area (Å²) in [6.45, 7) is 0. The highest BCUT2D eigenvalue weighted by molar-refractivity contribution is 5.46. The highest BCUT2D eigenvalue weighted by Gasteiger charge is 2.01. The summed E-state index contributed by atoms with van der Waals surface area (Å²) >= 11 is 0. The van der Waals surface area contributed by atoms with E-state index in [2.05, 4.69) is 4.98 Å². The Hall–Kier alpha value is -1.56. The molecule has 0 radical (unpaired) electrons. The van der Waals surface area contributed by atoms with Crippen molar-refractivity contribution in [3.8, 4) is 5.75 Å². The van der Waals surface area contributed by atoms with Gasteiger partial charge in [0.25, 0.3) is 0 Å². The molecule has 0 aliphatic carbocycles. The molecule has 0 amide bonds. The molecular formula is C7H7N2O+. The lowest BCUT2D eigenvalue weighted by atomic mass is 10.3. The average molecular weight is 136 g/mol. The molecule has 3 nitrogen and oxygen atoms in total. The van der Waals surface area contributed by atoms with E-state index in [0.29, 0.717) is 5.69 Å². The summed E-state index contributed by atoms with van der Waals surface area (Å²) in [5, 5.41) is 8.29. The first-order chi connectivity index (χ1) is 4.86. The molecule has 0 spiro atoms. The molecule has 3 heteroatoms. The van der Waals surface area contributed by atoms with Crippen LogP contribution in [0.5, 0.6) is 5.75 Å². The molecule has 1 aromatic rings. The quantitative estimate of drug-likeness (QED) is 0.438. The highest BCUT2D eigenvalue weighted by Crippen LogP contribution is 2.16. The van der Waals surface area contributed by atoms with Crippen molar-refractivity contribution in [3.05, 3.63) is 29.2 Å². The van der Waals surface area contributed by atoms with E-state index < -0.39 is 0 Å². The standard InChI is InChI=1S/C7H7N2O/c1-10-7-4-2-6(9-8)3-5-7/h2-5H,1H3/q+1/i9+1. The number of rotatable bonds is 1. The fraction of sp³-hybridized carbons (Fsp3) is 0.143. The van der Waals surface area contributed by atoms with Crippen molar-refractivity contribution in [2.24, 2.45) is 0 Å². The molecule has 0 N–H and O–H groups in total. The lowest BCUT2D eigenvalue weighted by molar-refractivity contribution is 0.415. The van der Waals surface area contributed by atoms with E-state index in [0.717, 1.165) is 5.75 Å². The third-order valence-corrected chi connectivity index (χ3v) is 1.19. The summed E-state index contributed by atoms with van der Waals surface area (Å²) in [5.41, 5.74) is 0.529. The first-order valence-electron chi connectivity index (χ1n) is 2.86. The van der Waals surface area contributed by atoms with Gasteiger partial charge < -0.3 is 4.74 Å². The van der Waals surface area contributed by atoms with Gasteiger partial charge in [-0.1, -0.05) is 0 Å². The Morgan fingerprint density at radius 2 is 1.90 bits per heavy atom. The summed E-state index contributed by atoms with van der Waals surface area (Å²) in [5.74, 6) is 0.757. The number of hydrogen-bond donors (Lipinski definition) is 0. The molecule has 10 heavy (non-hydrogen) atoms. The van der Waals surface area contributed by atoms with E-state index in [9.17, 15) is 0 Å². The van der Waals surface area contributed by atoms with Crippen LogP contribution in [0.4, 0.5) is 5.69 Å². The van der Waals surface area contributed by atoms with Crippen molar-refractivity contribution >= 4 is 5.69 Å². The number of diazo groups is 1. The monoisotopic (exact) mass is 136 g/mol.